The lowest BCUT2D eigenvalue weighted by atomic mass is 10.2. The molecule has 0 atom stereocenters. The highest BCUT2D eigenvalue weighted by Gasteiger charge is 2.17. The van der Waals surface area contributed by atoms with Crippen LogP contribution in [-0.4, -0.2) is 33.0 Å². The summed E-state index contributed by atoms with van der Waals surface area (Å²) in [7, 11) is 0. The van der Waals surface area contributed by atoms with E-state index in [1.807, 2.05) is 54.0 Å². The Labute approximate surface area is 174 Å². The Hall–Kier alpha value is -2.31. The van der Waals surface area contributed by atoms with Gasteiger partial charge in [-0.1, -0.05) is 48.8 Å². The summed E-state index contributed by atoms with van der Waals surface area (Å²) in [5, 5.41) is 13.0. The lowest BCUT2D eigenvalue weighted by Crippen LogP contribution is -2.26. The van der Waals surface area contributed by atoms with E-state index in [1.54, 1.807) is 0 Å². The van der Waals surface area contributed by atoms with Crippen LogP contribution in [0, 0.1) is 6.92 Å². The standard InChI is InChI=1S/C21H23ClN4OS/c1-3-4-12-23-19(27)14-28-21-25-24-20(16-8-10-17(22)11-9-16)26(21)18-7-5-6-15(2)13-18/h5-11,13H,3-4,12,14H2,1-2H3,(H,23,27). The van der Waals surface area contributed by atoms with Crippen molar-refractivity contribution < 1.29 is 4.79 Å². The molecule has 0 aliphatic carbocycles. The first-order valence-corrected chi connectivity index (χ1v) is 10.6. The molecule has 0 saturated carbocycles. The highest BCUT2D eigenvalue weighted by molar-refractivity contribution is 7.99. The minimum absolute atomic E-state index is 0.00489. The van der Waals surface area contributed by atoms with Crippen molar-refractivity contribution in [2.45, 2.75) is 31.8 Å². The van der Waals surface area contributed by atoms with Crippen LogP contribution in [0.15, 0.2) is 53.7 Å². The molecule has 0 radical (unpaired) electrons. The Balaban J connectivity index is 1.90. The van der Waals surface area contributed by atoms with Gasteiger partial charge < -0.3 is 5.32 Å². The number of carbonyl (C=O) groups excluding carboxylic acids is 1. The van der Waals surface area contributed by atoms with Crippen molar-refractivity contribution in [3.8, 4) is 17.1 Å². The van der Waals surface area contributed by atoms with Gasteiger partial charge in [0.2, 0.25) is 5.91 Å². The molecule has 1 heterocycles. The van der Waals surface area contributed by atoms with E-state index in [0.29, 0.717) is 22.5 Å². The summed E-state index contributed by atoms with van der Waals surface area (Å²) >= 11 is 7.41. The van der Waals surface area contributed by atoms with Crippen LogP contribution in [0.4, 0.5) is 0 Å². The second kappa shape index (κ2) is 9.75. The molecule has 28 heavy (non-hydrogen) atoms. The van der Waals surface area contributed by atoms with Crippen molar-refractivity contribution in [1.29, 1.82) is 0 Å². The van der Waals surface area contributed by atoms with Gasteiger partial charge in [-0.25, -0.2) is 0 Å². The number of halogens is 1. The Morgan fingerprint density at radius 2 is 1.96 bits per heavy atom. The molecule has 1 aromatic heterocycles. The van der Waals surface area contributed by atoms with Crippen LogP contribution in [-0.2, 0) is 4.79 Å². The third-order valence-corrected chi connectivity index (χ3v) is 5.36. The third kappa shape index (κ3) is 5.14. The molecule has 0 saturated heterocycles. The predicted octanol–water partition coefficient (Wildman–Crippen LogP) is 4.90. The topological polar surface area (TPSA) is 59.8 Å². The number of rotatable bonds is 8. The van der Waals surface area contributed by atoms with Crippen LogP contribution in [0.1, 0.15) is 25.3 Å². The summed E-state index contributed by atoms with van der Waals surface area (Å²) in [6.45, 7) is 4.85. The zero-order chi connectivity index (χ0) is 19.9. The molecule has 0 aliphatic heterocycles. The molecule has 0 spiro atoms. The number of carbonyl (C=O) groups is 1. The number of unbranched alkanes of at least 4 members (excludes halogenated alkanes) is 1. The number of benzene rings is 2. The SMILES string of the molecule is CCCCNC(=O)CSc1nnc(-c2ccc(Cl)cc2)n1-c1cccc(C)c1. The maximum atomic E-state index is 12.1. The van der Waals surface area contributed by atoms with Crippen LogP contribution in [0.3, 0.4) is 0 Å². The molecule has 0 bridgehead atoms. The van der Waals surface area contributed by atoms with E-state index in [2.05, 4.69) is 28.5 Å². The second-order valence-electron chi connectivity index (χ2n) is 6.48. The first kappa shape index (κ1) is 20.4. The fourth-order valence-corrected chi connectivity index (χ4v) is 3.64. The summed E-state index contributed by atoms with van der Waals surface area (Å²) in [4.78, 5) is 12.1. The number of thioether (sulfide) groups is 1. The molecule has 5 nitrogen and oxygen atoms in total. The van der Waals surface area contributed by atoms with Gasteiger partial charge in [-0.05, 0) is 55.3 Å². The average molecular weight is 415 g/mol. The van der Waals surface area contributed by atoms with Gasteiger partial charge in [0.15, 0.2) is 11.0 Å². The lowest BCUT2D eigenvalue weighted by Gasteiger charge is -2.11. The monoisotopic (exact) mass is 414 g/mol. The Morgan fingerprint density at radius 1 is 1.18 bits per heavy atom. The quantitative estimate of drug-likeness (QED) is 0.420. The number of hydrogen-bond donors (Lipinski definition) is 1. The Bertz CT molecular complexity index is 940. The number of amides is 1. The van der Waals surface area contributed by atoms with Crippen molar-refractivity contribution in [2.75, 3.05) is 12.3 Å². The van der Waals surface area contributed by atoms with E-state index in [4.69, 9.17) is 11.6 Å². The molecule has 3 aromatic rings. The Morgan fingerprint density at radius 3 is 2.68 bits per heavy atom. The van der Waals surface area contributed by atoms with Crippen molar-refractivity contribution in [3.05, 3.63) is 59.1 Å². The van der Waals surface area contributed by atoms with Crippen LogP contribution in [0.25, 0.3) is 17.1 Å². The number of nitrogens with one attached hydrogen (secondary N) is 1. The van der Waals surface area contributed by atoms with Crippen LogP contribution >= 0.6 is 23.4 Å². The molecule has 0 fully saturated rings. The molecule has 1 N–H and O–H groups in total. The molecular formula is C21H23ClN4OS. The number of aromatic nitrogens is 3. The summed E-state index contributed by atoms with van der Waals surface area (Å²) in [6.07, 6.45) is 2.04. The predicted molar refractivity (Wildman–Crippen MR) is 115 cm³/mol. The van der Waals surface area contributed by atoms with E-state index in [1.165, 1.54) is 11.8 Å². The zero-order valence-electron chi connectivity index (χ0n) is 16.0. The van der Waals surface area contributed by atoms with Crippen molar-refractivity contribution in [3.63, 3.8) is 0 Å². The molecule has 0 aliphatic rings. The normalized spacial score (nSPS) is 10.8. The van der Waals surface area contributed by atoms with Gasteiger partial charge in [0, 0.05) is 22.8 Å². The van der Waals surface area contributed by atoms with Gasteiger partial charge in [-0.2, -0.15) is 0 Å². The second-order valence-corrected chi connectivity index (χ2v) is 7.86. The summed E-state index contributed by atoms with van der Waals surface area (Å²) in [6, 6.07) is 15.6. The van der Waals surface area contributed by atoms with Crippen LogP contribution in [0.2, 0.25) is 5.02 Å². The van der Waals surface area contributed by atoms with E-state index in [9.17, 15) is 4.79 Å². The van der Waals surface area contributed by atoms with Crippen molar-refractivity contribution in [2.24, 2.45) is 0 Å². The molecule has 1 amide bonds. The molecule has 0 unspecified atom stereocenters. The zero-order valence-corrected chi connectivity index (χ0v) is 17.6. The third-order valence-electron chi connectivity index (χ3n) is 4.18. The number of aryl methyl sites for hydroxylation is 1. The largest absolute Gasteiger partial charge is 0.355 e. The van der Waals surface area contributed by atoms with Gasteiger partial charge >= 0.3 is 0 Å². The highest BCUT2D eigenvalue weighted by Crippen LogP contribution is 2.29. The summed E-state index contributed by atoms with van der Waals surface area (Å²) < 4.78 is 1.99. The first-order chi connectivity index (χ1) is 13.6. The van der Waals surface area contributed by atoms with Crippen LogP contribution in [0.5, 0.6) is 0 Å². The van der Waals surface area contributed by atoms with Gasteiger partial charge in [0.25, 0.3) is 0 Å². The maximum Gasteiger partial charge on any atom is 0.230 e. The average Bonchev–Trinajstić information content (AvgIpc) is 3.11. The minimum atomic E-state index is 0.00489. The molecular weight excluding hydrogens is 392 g/mol. The summed E-state index contributed by atoms with van der Waals surface area (Å²) in [5.41, 5.74) is 3.02. The van der Waals surface area contributed by atoms with Crippen molar-refractivity contribution in [1.82, 2.24) is 20.1 Å². The molecule has 7 heteroatoms. The highest BCUT2D eigenvalue weighted by atomic mass is 35.5. The van der Waals surface area contributed by atoms with Crippen LogP contribution < -0.4 is 5.32 Å². The van der Waals surface area contributed by atoms with E-state index < -0.39 is 0 Å². The van der Waals surface area contributed by atoms with Gasteiger partial charge in [-0.15, -0.1) is 10.2 Å². The fourth-order valence-electron chi connectivity index (χ4n) is 2.73. The van der Waals surface area contributed by atoms with E-state index in [-0.39, 0.29) is 5.91 Å². The first-order valence-electron chi connectivity index (χ1n) is 9.26. The number of hydrogen-bond acceptors (Lipinski definition) is 4. The smallest absolute Gasteiger partial charge is 0.230 e. The molecule has 3 rings (SSSR count). The number of nitrogens with zero attached hydrogens (tertiary/aromatic N) is 3. The van der Waals surface area contributed by atoms with Gasteiger partial charge in [0.05, 0.1) is 5.75 Å². The van der Waals surface area contributed by atoms with Crippen molar-refractivity contribution >= 4 is 29.3 Å². The lowest BCUT2D eigenvalue weighted by molar-refractivity contribution is -0.118. The van der Waals surface area contributed by atoms with E-state index in [0.717, 1.165) is 35.5 Å². The summed E-state index contributed by atoms with van der Waals surface area (Å²) in [5.74, 6) is 1.02. The minimum Gasteiger partial charge on any atom is -0.355 e. The Kier molecular flexibility index (Phi) is 7.12. The molecule has 146 valence electrons. The maximum absolute atomic E-state index is 12.1. The fraction of sp³-hybridized carbons (Fsp3) is 0.286. The van der Waals surface area contributed by atoms with E-state index >= 15 is 0 Å². The van der Waals surface area contributed by atoms with Gasteiger partial charge in [0.1, 0.15) is 0 Å². The van der Waals surface area contributed by atoms with Gasteiger partial charge in [-0.3, -0.25) is 9.36 Å². The molecule has 2 aromatic carbocycles.